The highest BCUT2D eigenvalue weighted by Crippen LogP contribution is 2.34. The molecule has 8 heteroatoms. The molecule has 1 aromatic heterocycles. The number of imide groups is 1. The molecule has 2 amide bonds. The largest absolute Gasteiger partial charge is 0.315 e. The van der Waals surface area contributed by atoms with Gasteiger partial charge in [0.15, 0.2) is 0 Å². The van der Waals surface area contributed by atoms with Crippen molar-refractivity contribution in [3.8, 4) is 12.1 Å². The molecule has 0 spiro atoms. The molecule has 1 aliphatic rings. The predicted octanol–water partition coefficient (Wildman–Crippen LogP) is 4.16. The summed E-state index contributed by atoms with van der Waals surface area (Å²) in [5, 5.41) is 19.3. The van der Waals surface area contributed by atoms with Crippen LogP contribution in [-0.2, 0) is 19.5 Å². The molecule has 7 nitrogen and oxygen atoms in total. The van der Waals surface area contributed by atoms with Crippen LogP contribution in [0.15, 0.2) is 52.4 Å². The summed E-state index contributed by atoms with van der Waals surface area (Å²) in [4.78, 5) is 32.7. The van der Waals surface area contributed by atoms with Gasteiger partial charge in [0, 0.05) is 17.0 Å². The SMILES string of the molecule is CCc1nc(C(=O)N2Cc3ccccc3C2=O)n(CC)c1Sc1cc(C#N)cc(C#N)c1. The number of amides is 2. The minimum atomic E-state index is -0.432. The minimum absolute atomic E-state index is 0.213. The van der Waals surface area contributed by atoms with Crippen molar-refractivity contribution < 1.29 is 9.59 Å². The zero-order valence-corrected chi connectivity index (χ0v) is 18.4. The number of carbonyl (C=O) groups is 2. The normalized spacial score (nSPS) is 12.4. The highest BCUT2D eigenvalue weighted by molar-refractivity contribution is 7.99. The second kappa shape index (κ2) is 8.70. The Hall–Kier alpha value is -3.88. The van der Waals surface area contributed by atoms with Gasteiger partial charge in [0.2, 0.25) is 5.82 Å². The quantitative estimate of drug-likeness (QED) is 0.551. The van der Waals surface area contributed by atoms with Crippen molar-refractivity contribution in [2.45, 2.75) is 43.3 Å². The number of hydrogen-bond acceptors (Lipinski definition) is 6. The van der Waals surface area contributed by atoms with Crippen molar-refractivity contribution in [1.82, 2.24) is 14.5 Å². The maximum Gasteiger partial charge on any atom is 0.297 e. The van der Waals surface area contributed by atoms with Crippen LogP contribution in [0.25, 0.3) is 0 Å². The van der Waals surface area contributed by atoms with Crippen molar-refractivity contribution >= 4 is 23.6 Å². The van der Waals surface area contributed by atoms with Gasteiger partial charge in [-0.25, -0.2) is 4.98 Å². The molecule has 0 radical (unpaired) electrons. The second-order valence-corrected chi connectivity index (χ2v) is 8.27. The molecule has 2 aromatic carbocycles. The fourth-order valence-corrected chi connectivity index (χ4v) is 4.96. The van der Waals surface area contributed by atoms with E-state index in [0.717, 1.165) is 16.3 Å². The van der Waals surface area contributed by atoms with Gasteiger partial charge in [-0.15, -0.1) is 0 Å². The van der Waals surface area contributed by atoms with Crippen molar-refractivity contribution in [2.75, 3.05) is 0 Å². The third-order valence-corrected chi connectivity index (χ3v) is 6.40. The molecule has 4 rings (SSSR count). The Morgan fingerprint density at radius 3 is 2.41 bits per heavy atom. The van der Waals surface area contributed by atoms with Crippen LogP contribution < -0.4 is 0 Å². The van der Waals surface area contributed by atoms with Gasteiger partial charge in [-0.2, -0.15) is 10.5 Å². The van der Waals surface area contributed by atoms with Gasteiger partial charge in [0.1, 0.15) is 5.03 Å². The Morgan fingerprint density at radius 2 is 1.81 bits per heavy atom. The molecule has 0 atom stereocenters. The number of nitrogens with zero attached hydrogens (tertiary/aromatic N) is 5. The zero-order chi connectivity index (χ0) is 22.8. The van der Waals surface area contributed by atoms with Gasteiger partial charge in [0.25, 0.3) is 11.8 Å². The third-order valence-electron chi connectivity index (χ3n) is 5.28. The molecule has 0 aliphatic carbocycles. The second-order valence-electron chi connectivity index (χ2n) is 7.21. The van der Waals surface area contributed by atoms with E-state index >= 15 is 0 Å². The van der Waals surface area contributed by atoms with Crippen molar-refractivity contribution in [3.05, 3.63) is 76.2 Å². The van der Waals surface area contributed by atoms with Gasteiger partial charge in [-0.1, -0.05) is 36.9 Å². The van der Waals surface area contributed by atoms with Crippen LogP contribution in [0.1, 0.15) is 57.2 Å². The summed E-state index contributed by atoms with van der Waals surface area (Å²) in [6.07, 6.45) is 0.590. The number of benzene rings is 2. The highest BCUT2D eigenvalue weighted by atomic mass is 32.2. The summed E-state index contributed by atoms with van der Waals surface area (Å²) in [5.74, 6) is -0.535. The van der Waals surface area contributed by atoms with E-state index in [-0.39, 0.29) is 18.3 Å². The number of imidazole rings is 1. The van der Waals surface area contributed by atoms with Crippen LogP contribution in [-0.4, -0.2) is 26.3 Å². The number of carbonyl (C=O) groups excluding carboxylic acids is 2. The lowest BCUT2D eigenvalue weighted by atomic mass is 10.1. The summed E-state index contributed by atoms with van der Waals surface area (Å²) in [7, 11) is 0. The third kappa shape index (κ3) is 3.66. The summed E-state index contributed by atoms with van der Waals surface area (Å²) in [6.45, 7) is 4.57. The van der Waals surface area contributed by atoms with Gasteiger partial charge >= 0.3 is 0 Å². The zero-order valence-electron chi connectivity index (χ0n) is 17.6. The molecule has 3 aromatic rings. The minimum Gasteiger partial charge on any atom is -0.315 e. The first-order chi connectivity index (χ1) is 15.5. The Labute approximate surface area is 189 Å². The molecule has 2 heterocycles. The van der Waals surface area contributed by atoms with Crippen LogP contribution in [0.2, 0.25) is 0 Å². The first-order valence-electron chi connectivity index (χ1n) is 10.2. The van der Waals surface area contributed by atoms with Crippen LogP contribution in [0.4, 0.5) is 0 Å². The lowest BCUT2D eigenvalue weighted by molar-refractivity contribution is 0.0619. The Morgan fingerprint density at radius 1 is 1.12 bits per heavy atom. The molecule has 0 bridgehead atoms. The van der Waals surface area contributed by atoms with E-state index in [0.29, 0.717) is 34.6 Å². The fraction of sp³-hybridized carbons (Fsp3) is 0.208. The average molecular weight is 442 g/mol. The predicted molar refractivity (Wildman–Crippen MR) is 118 cm³/mol. The van der Waals surface area contributed by atoms with Crippen LogP contribution in [0, 0.1) is 22.7 Å². The lowest BCUT2D eigenvalue weighted by Crippen LogP contribution is -2.33. The number of rotatable bonds is 5. The van der Waals surface area contributed by atoms with Gasteiger partial charge in [0.05, 0.1) is 35.5 Å². The van der Waals surface area contributed by atoms with E-state index in [1.807, 2.05) is 26.0 Å². The van der Waals surface area contributed by atoms with E-state index < -0.39 is 5.91 Å². The molecule has 158 valence electrons. The highest BCUT2D eigenvalue weighted by Gasteiger charge is 2.35. The average Bonchev–Trinajstić information content (AvgIpc) is 3.35. The smallest absolute Gasteiger partial charge is 0.297 e. The summed E-state index contributed by atoms with van der Waals surface area (Å²) < 4.78 is 1.80. The molecule has 0 N–H and O–H groups in total. The Kier molecular flexibility index (Phi) is 5.81. The molecular formula is C24H19N5O2S. The molecule has 0 saturated carbocycles. The Bertz CT molecular complexity index is 1300. The Balaban J connectivity index is 1.72. The van der Waals surface area contributed by atoms with Crippen molar-refractivity contribution in [3.63, 3.8) is 0 Å². The molecular weight excluding hydrogens is 422 g/mol. The summed E-state index contributed by atoms with van der Waals surface area (Å²) in [5.41, 5.74) is 2.87. The van der Waals surface area contributed by atoms with E-state index in [2.05, 4.69) is 17.1 Å². The topological polar surface area (TPSA) is 103 Å². The molecule has 0 fully saturated rings. The van der Waals surface area contributed by atoms with Gasteiger partial charge < -0.3 is 4.57 Å². The summed E-state index contributed by atoms with van der Waals surface area (Å²) in [6, 6.07) is 16.3. The van der Waals surface area contributed by atoms with E-state index in [9.17, 15) is 20.1 Å². The maximum absolute atomic E-state index is 13.4. The standard InChI is InChI=1S/C24H19N5O2S/c1-3-20-24(32-18-10-15(12-25)9-16(11-18)13-26)28(4-2)21(27-20)23(31)29-14-17-7-5-6-8-19(17)22(29)30/h5-11H,3-4,14H2,1-2H3. The number of aromatic nitrogens is 2. The number of hydrogen-bond donors (Lipinski definition) is 0. The van der Waals surface area contributed by atoms with Crippen LogP contribution in [0.3, 0.4) is 0 Å². The fourth-order valence-electron chi connectivity index (χ4n) is 3.73. The van der Waals surface area contributed by atoms with Crippen molar-refractivity contribution in [2.24, 2.45) is 0 Å². The van der Waals surface area contributed by atoms with Gasteiger partial charge in [-0.3, -0.25) is 14.5 Å². The number of nitriles is 2. The van der Waals surface area contributed by atoms with E-state index in [1.165, 1.54) is 22.7 Å². The van der Waals surface area contributed by atoms with E-state index in [4.69, 9.17) is 0 Å². The monoisotopic (exact) mass is 441 g/mol. The molecule has 1 aliphatic heterocycles. The van der Waals surface area contributed by atoms with Crippen LogP contribution in [0.5, 0.6) is 0 Å². The number of fused-ring (bicyclic) bond motifs is 1. The summed E-state index contributed by atoms with van der Waals surface area (Å²) >= 11 is 1.36. The van der Waals surface area contributed by atoms with Crippen LogP contribution >= 0.6 is 11.8 Å². The molecule has 32 heavy (non-hydrogen) atoms. The first kappa shape index (κ1) is 21.4. The maximum atomic E-state index is 13.4. The van der Waals surface area contributed by atoms with Crippen molar-refractivity contribution in [1.29, 1.82) is 10.5 Å². The van der Waals surface area contributed by atoms with Gasteiger partial charge in [-0.05, 0) is 43.2 Å². The molecule has 0 saturated heterocycles. The molecule has 0 unspecified atom stereocenters. The number of aryl methyl sites for hydroxylation is 1. The van der Waals surface area contributed by atoms with E-state index in [1.54, 1.807) is 28.8 Å². The lowest BCUT2D eigenvalue weighted by Gasteiger charge is -2.15. The first-order valence-corrected chi connectivity index (χ1v) is 11.0.